The Hall–Kier alpha value is -2.58. The van der Waals surface area contributed by atoms with Crippen LogP contribution in [0.5, 0.6) is 0 Å². The zero-order valence-electron chi connectivity index (χ0n) is 22.3. The molecule has 4 aliphatic rings. The molecular weight excluding hydrogens is 480 g/mol. The molecule has 0 saturated heterocycles. The number of thioether (sulfide) groups is 1. The van der Waals surface area contributed by atoms with Crippen LogP contribution in [0.3, 0.4) is 0 Å². The summed E-state index contributed by atoms with van der Waals surface area (Å²) in [4.78, 5) is 38.9. The Balaban J connectivity index is 1.66. The second kappa shape index (κ2) is 9.95. The molecule has 2 fully saturated rings. The fourth-order valence-electron chi connectivity index (χ4n) is 8.06. The van der Waals surface area contributed by atoms with Crippen LogP contribution in [0.2, 0.25) is 0 Å². The first kappa shape index (κ1) is 26.0. The monoisotopic (exact) mass is 516 g/mol. The van der Waals surface area contributed by atoms with Gasteiger partial charge in [0.2, 0.25) is 0 Å². The number of allylic oxidation sites excluding steroid dienone is 4. The highest BCUT2D eigenvalue weighted by Crippen LogP contribution is 2.69. The number of fused-ring (bicyclic) bond motifs is 4. The molecule has 0 unspecified atom stereocenters. The van der Waals surface area contributed by atoms with Crippen LogP contribution >= 0.6 is 11.8 Å². The van der Waals surface area contributed by atoms with Gasteiger partial charge in [0.15, 0.2) is 18.2 Å². The fourth-order valence-corrected chi connectivity index (χ4v) is 8.47. The van der Waals surface area contributed by atoms with Gasteiger partial charge >= 0.3 is 5.97 Å². The Morgan fingerprint density at radius 1 is 1.14 bits per heavy atom. The molecule has 1 aromatic rings. The van der Waals surface area contributed by atoms with Gasteiger partial charge in [-0.1, -0.05) is 30.6 Å². The van der Waals surface area contributed by atoms with Gasteiger partial charge in [0, 0.05) is 24.2 Å². The minimum Gasteiger partial charge on any atom is -0.458 e. The molecule has 2 saturated carbocycles. The van der Waals surface area contributed by atoms with Crippen LogP contribution in [0.4, 0.5) is 0 Å². The van der Waals surface area contributed by atoms with Crippen molar-refractivity contribution in [2.45, 2.75) is 76.5 Å². The van der Waals surface area contributed by atoms with Gasteiger partial charge in [-0.3, -0.25) is 14.4 Å². The predicted octanol–water partition coefficient (Wildman–Crippen LogP) is 6.45. The summed E-state index contributed by atoms with van der Waals surface area (Å²) in [6.07, 6.45) is 9.79. The third-order valence-electron chi connectivity index (χ3n) is 9.67. The number of hydrogen-bond donors (Lipinski definition) is 0. The number of ketones is 2. The van der Waals surface area contributed by atoms with Gasteiger partial charge in [0.1, 0.15) is 0 Å². The van der Waals surface area contributed by atoms with Crippen LogP contribution in [-0.2, 0) is 19.1 Å². The van der Waals surface area contributed by atoms with Gasteiger partial charge in [-0.15, -0.1) is 17.7 Å². The van der Waals surface area contributed by atoms with E-state index < -0.39 is 11.4 Å². The van der Waals surface area contributed by atoms with Gasteiger partial charge in [-0.05, 0) is 104 Å². The number of Topliss-reactive ketones (excluding diaryl/α,β-unsaturated/α-hetero) is 1. The second-order valence-corrected chi connectivity index (χ2v) is 12.2. The zero-order valence-corrected chi connectivity index (χ0v) is 23.1. The molecule has 4 aliphatic carbocycles. The Morgan fingerprint density at radius 2 is 1.89 bits per heavy atom. The maximum atomic E-state index is 13.8. The summed E-state index contributed by atoms with van der Waals surface area (Å²) < 4.78 is 5.23. The summed E-state index contributed by atoms with van der Waals surface area (Å²) >= 11 is 1.74. The van der Waals surface area contributed by atoms with Crippen LogP contribution in [0.25, 0.3) is 0 Å². The van der Waals surface area contributed by atoms with Gasteiger partial charge in [0.25, 0.3) is 0 Å². The maximum Gasteiger partial charge on any atom is 0.303 e. The van der Waals surface area contributed by atoms with Crippen molar-refractivity contribution >= 4 is 29.3 Å². The normalized spacial score (nSPS) is 32.4. The highest BCUT2D eigenvalue weighted by molar-refractivity contribution is 7.98. The van der Waals surface area contributed by atoms with E-state index in [1.807, 2.05) is 13.0 Å². The minimum absolute atomic E-state index is 0.0608. The third-order valence-corrected chi connectivity index (χ3v) is 10.4. The van der Waals surface area contributed by atoms with E-state index in [0.717, 1.165) is 32.1 Å². The molecule has 5 heteroatoms. The number of esters is 1. The van der Waals surface area contributed by atoms with Gasteiger partial charge in [-0.2, -0.15) is 0 Å². The van der Waals surface area contributed by atoms with E-state index in [-0.39, 0.29) is 29.5 Å². The molecule has 0 amide bonds. The van der Waals surface area contributed by atoms with E-state index in [1.165, 1.54) is 34.1 Å². The lowest BCUT2D eigenvalue weighted by atomic mass is 9.48. The Bertz CT molecular complexity index is 1260. The lowest BCUT2D eigenvalue weighted by Crippen LogP contribution is -2.51. The third kappa shape index (κ3) is 4.22. The van der Waals surface area contributed by atoms with Crippen LogP contribution in [-0.4, -0.2) is 30.4 Å². The standard InChI is InChI=1S/C32H36O4S/c1-5-15-32(29(35)19-36-20(2)33)16-14-28-26-12-8-22-17-23(34)9-13-25(22)30(26)27(18-31(28,32)3)21-6-10-24(37-4)11-7-21/h6-7,10-11,17,26-28H,8-9,12-14,16,18-19H2,1-4H3/t26-,27+,28-,31-,32+/m0/s1. The number of ether oxygens (including phenoxy) is 1. The van der Waals surface area contributed by atoms with Crippen molar-refractivity contribution in [3.63, 3.8) is 0 Å². The van der Waals surface area contributed by atoms with Crippen molar-refractivity contribution in [1.82, 2.24) is 0 Å². The molecule has 5 rings (SSSR count). The van der Waals surface area contributed by atoms with E-state index in [1.54, 1.807) is 11.8 Å². The molecule has 0 aliphatic heterocycles. The molecular formula is C32H36O4S. The average Bonchev–Trinajstić information content (AvgIpc) is 3.19. The summed E-state index contributed by atoms with van der Waals surface area (Å²) in [5, 5.41) is 0. The summed E-state index contributed by atoms with van der Waals surface area (Å²) in [5.41, 5.74) is 4.27. The number of hydrogen-bond acceptors (Lipinski definition) is 5. The molecule has 0 N–H and O–H groups in total. The zero-order chi connectivity index (χ0) is 26.4. The van der Waals surface area contributed by atoms with E-state index in [2.05, 4.69) is 49.3 Å². The van der Waals surface area contributed by atoms with Crippen molar-refractivity contribution in [1.29, 1.82) is 0 Å². The number of benzene rings is 1. The van der Waals surface area contributed by atoms with Crippen molar-refractivity contribution in [3.05, 3.63) is 52.6 Å². The average molecular weight is 517 g/mol. The van der Waals surface area contributed by atoms with Crippen LogP contribution < -0.4 is 0 Å². The molecule has 5 atom stereocenters. The quantitative estimate of drug-likeness (QED) is 0.256. The first-order chi connectivity index (χ1) is 17.7. The first-order valence-electron chi connectivity index (χ1n) is 13.5. The van der Waals surface area contributed by atoms with E-state index in [4.69, 9.17) is 4.74 Å². The van der Waals surface area contributed by atoms with Crippen molar-refractivity contribution < 1.29 is 19.1 Å². The molecule has 0 heterocycles. The van der Waals surface area contributed by atoms with Crippen LogP contribution in [0.15, 0.2) is 52.0 Å². The molecule has 194 valence electrons. The van der Waals surface area contributed by atoms with Crippen molar-refractivity contribution in [2.75, 3.05) is 12.9 Å². The molecule has 0 spiro atoms. The summed E-state index contributed by atoms with van der Waals surface area (Å²) in [5.74, 6) is 7.12. The Morgan fingerprint density at radius 3 is 2.57 bits per heavy atom. The van der Waals surface area contributed by atoms with Crippen molar-refractivity contribution in [3.8, 4) is 11.8 Å². The summed E-state index contributed by atoms with van der Waals surface area (Å²) in [6.45, 7) is 5.22. The lowest BCUT2D eigenvalue weighted by Gasteiger charge is -2.54. The highest BCUT2D eigenvalue weighted by atomic mass is 32.2. The minimum atomic E-state index is -0.825. The SMILES string of the molecule is CC#C[C@]1(C(=O)COC(C)=O)CC[C@H]2[C@@H]3CCC4=CC(=O)CCC4=C3[C@@H](c3ccc(SC)cc3)C[C@@]21C. The number of carbonyl (C=O) groups is 3. The first-order valence-corrected chi connectivity index (χ1v) is 14.7. The molecule has 0 bridgehead atoms. The van der Waals surface area contributed by atoms with Gasteiger partial charge in [-0.25, -0.2) is 0 Å². The topological polar surface area (TPSA) is 60.4 Å². The predicted molar refractivity (Wildman–Crippen MR) is 146 cm³/mol. The summed E-state index contributed by atoms with van der Waals surface area (Å²) in [6, 6.07) is 8.88. The smallest absolute Gasteiger partial charge is 0.303 e. The van der Waals surface area contributed by atoms with E-state index in [9.17, 15) is 14.4 Å². The number of rotatable bonds is 5. The Labute approximate surface area is 224 Å². The van der Waals surface area contributed by atoms with Gasteiger partial charge < -0.3 is 4.74 Å². The lowest BCUT2D eigenvalue weighted by molar-refractivity contribution is -0.150. The van der Waals surface area contributed by atoms with Crippen LogP contribution in [0.1, 0.15) is 77.2 Å². The van der Waals surface area contributed by atoms with Crippen molar-refractivity contribution in [2.24, 2.45) is 22.7 Å². The Kier molecular flexibility index (Phi) is 7.00. The molecule has 1 aromatic carbocycles. The van der Waals surface area contributed by atoms with E-state index >= 15 is 0 Å². The summed E-state index contributed by atoms with van der Waals surface area (Å²) in [7, 11) is 0. The number of carbonyl (C=O) groups excluding carboxylic acids is 3. The highest BCUT2D eigenvalue weighted by Gasteiger charge is 2.65. The molecule has 0 aromatic heterocycles. The molecule has 4 nitrogen and oxygen atoms in total. The second-order valence-electron chi connectivity index (χ2n) is 11.3. The van der Waals surface area contributed by atoms with Crippen LogP contribution in [0, 0.1) is 34.5 Å². The molecule has 0 radical (unpaired) electrons. The van der Waals surface area contributed by atoms with Gasteiger partial charge in [0.05, 0.1) is 5.41 Å². The molecule has 37 heavy (non-hydrogen) atoms. The maximum absolute atomic E-state index is 13.8. The van der Waals surface area contributed by atoms with E-state index in [0.29, 0.717) is 24.7 Å². The largest absolute Gasteiger partial charge is 0.458 e. The fraction of sp³-hybridized carbons (Fsp3) is 0.531.